The van der Waals surface area contributed by atoms with Gasteiger partial charge in [-0.2, -0.15) is 0 Å². The van der Waals surface area contributed by atoms with Crippen molar-refractivity contribution in [1.29, 1.82) is 0 Å². The molecule has 2 aromatic carbocycles. The molecule has 3 aromatic rings. The van der Waals surface area contributed by atoms with Crippen molar-refractivity contribution in [3.8, 4) is 0 Å². The quantitative estimate of drug-likeness (QED) is 0.710. The van der Waals surface area contributed by atoms with E-state index < -0.39 is 0 Å². The Balaban J connectivity index is 2.04. The number of hydrogen-bond acceptors (Lipinski definition) is 3. The van der Waals surface area contributed by atoms with E-state index in [1.165, 1.54) is 23.5 Å². The molecule has 0 spiro atoms. The smallest absolute Gasteiger partial charge is 0.211 e. The van der Waals surface area contributed by atoms with E-state index in [0.717, 1.165) is 16.8 Å². The molecule has 3 rings (SSSR count). The summed E-state index contributed by atoms with van der Waals surface area (Å²) in [5.41, 5.74) is 1.67. The zero-order valence-corrected chi connectivity index (χ0v) is 13.1. The number of halogens is 1. The molecular weight excluding hydrogens is 297 g/mol. The summed E-state index contributed by atoms with van der Waals surface area (Å²) in [5, 5.41) is 2.32. The maximum Gasteiger partial charge on any atom is 0.211 e. The number of rotatable bonds is 4. The lowest BCUT2D eigenvalue weighted by Crippen LogP contribution is -2.27. The van der Waals surface area contributed by atoms with Crippen LogP contribution in [0.1, 0.15) is 12.5 Å². The Morgan fingerprint density at radius 2 is 1.91 bits per heavy atom. The van der Waals surface area contributed by atoms with Gasteiger partial charge in [0.1, 0.15) is 5.82 Å². The summed E-state index contributed by atoms with van der Waals surface area (Å²) in [4.78, 5) is 14.7. The Labute approximate surface area is 132 Å². The third-order valence-electron chi connectivity index (χ3n) is 3.66. The minimum atomic E-state index is -0.375. The molecule has 0 amide bonds. The van der Waals surface area contributed by atoms with Crippen molar-refractivity contribution in [3.05, 3.63) is 75.5 Å². The maximum atomic E-state index is 13.4. The number of nitrogens with zero attached hydrogens (tertiary/aromatic N) is 1. The molecule has 4 heteroatoms. The molecule has 0 saturated heterocycles. The number of anilines is 1. The molecule has 0 aliphatic rings. The molecule has 0 unspecified atom stereocenters. The van der Waals surface area contributed by atoms with Crippen LogP contribution in [0.4, 0.5) is 10.1 Å². The fraction of sp³-hybridized carbons (Fsp3) is 0.167. The number of hydrogen-bond donors (Lipinski definition) is 0. The first kappa shape index (κ1) is 14.7. The van der Waals surface area contributed by atoms with Gasteiger partial charge in [0.25, 0.3) is 0 Å². The number of benzene rings is 2. The second kappa shape index (κ2) is 6.28. The summed E-state index contributed by atoms with van der Waals surface area (Å²) in [7, 11) is 0. The van der Waals surface area contributed by atoms with Gasteiger partial charge < -0.3 is 4.90 Å². The largest absolute Gasteiger partial charge is 0.364 e. The highest BCUT2D eigenvalue weighted by molar-refractivity contribution is 7.16. The SMILES string of the molecule is CCN(Cc1ccccc1)c1csc2ccc(F)cc2c1=O. The van der Waals surface area contributed by atoms with Crippen LogP contribution in [-0.2, 0) is 6.54 Å². The molecule has 0 aliphatic heterocycles. The zero-order chi connectivity index (χ0) is 15.5. The molecule has 2 nitrogen and oxygen atoms in total. The first-order valence-electron chi connectivity index (χ1n) is 7.19. The molecule has 0 N–H and O–H groups in total. The van der Waals surface area contributed by atoms with Crippen LogP contribution in [0.2, 0.25) is 0 Å². The Morgan fingerprint density at radius 1 is 1.14 bits per heavy atom. The fourth-order valence-electron chi connectivity index (χ4n) is 2.48. The van der Waals surface area contributed by atoms with Crippen LogP contribution in [0.3, 0.4) is 0 Å². The van der Waals surface area contributed by atoms with Crippen molar-refractivity contribution in [2.45, 2.75) is 13.5 Å². The lowest BCUT2D eigenvalue weighted by atomic mass is 10.2. The van der Waals surface area contributed by atoms with Gasteiger partial charge in [0, 0.05) is 28.6 Å². The van der Waals surface area contributed by atoms with Gasteiger partial charge >= 0.3 is 0 Å². The first-order valence-corrected chi connectivity index (χ1v) is 8.07. The molecule has 0 bridgehead atoms. The van der Waals surface area contributed by atoms with Gasteiger partial charge in [-0.15, -0.1) is 11.3 Å². The molecule has 112 valence electrons. The van der Waals surface area contributed by atoms with Crippen LogP contribution in [0.25, 0.3) is 10.1 Å². The minimum Gasteiger partial charge on any atom is -0.364 e. The Hall–Kier alpha value is -2.20. The normalized spacial score (nSPS) is 10.8. The lowest BCUT2D eigenvalue weighted by molar-refractivity contribution is 0.629. The Kier molecular flexibility index (Phi) is 4.20. The van der Waals surface area contributed by atoms with E-state index in [1.54, 1.807) is 6.07 Å². The third-order valence-corrected chi connectivity index (χ3v) is 4.61. The highest BCUT2D eigenvalue weighted by Gasteiger charge is 2.12. The highest BCUT2D eigenvalue weighted by Crippen LogP contribution is 2.23. The minimum absolute atomic E-state index is 0.106. The molecule has 0 atom stereocenters. The summed E-state index contributed by atoms with van der Waals surface area (Å²) in [6.45, 7) is 3.40. The molecule has 0 aliphatic carbocycles. The van der Waals surface area contributed by atoms with Crippen molar-refractivity contribution in [2.24, 2.45) is 0 Å². The summed E-state index contributed by atoms with van der Waals surface area (Å²) >= 11 is 1.47. The number of fused-ring (bicyclic) bond motifs is 1. The van der Waals surface area contributed by atoms with E-state index in [1.807, 2.05) is 47.5 Å². The highest BCUT2D eigenvalue weighted by atomic mass is 32.1. The molecule has 22 heavy (non-hydrogen) atoms. The predicted molar refractivity (Wildman–Crippen MR) is 91.2 cm³/mol. The fourth-order valence-corrected chi connectivity index (χ4v) is 3.40. The van der Waals surface area contributed by atoms with Crippen LogP contribution >= 0.6 is 11.3 Å². The van der Waals surface area contributed by atoms with Gasteiger partial charge in [-0.25, -0.2) is 4.39 Å². The molecular formula is C18H16FNOS. The van der Waals surface area contributed by atoms with Crippen molar-refractivity contribution in [3.63, 3.8) is 0 Å². The van der Waals surface area contributed by atoms with Crippen molar-refractivity contribution >= 4 is 27.1 Å². The zero-order valence-electron chi connectivity index (χ0n) is 12.3. The van der Waals surface area contributed by atoms with Crippen LogP contribution in [0, 0.1) is 5.82 Å². The summed E-state index contributed by atoms with van der Waals surface area (Å²) in [6, 6.07) is 14.4. The molecule has 0 radical (unpaired) electrons. The van der Waals surface area contributed by atoms with Crippen LogP contribution in [0.15, 0.2) is 58.7 Å². The van der Waals surface area contributed by atoms with Gasteiger partial charge in [-0.3, -0.25) is 4.79 Å². The van der Waals surface area contributed by atoms with E-state index in [0.29, 0.717) is 17.6 Å². The summed E-state index contributed by atoms with van der Waals surface area (Å²) in [6.07, 6.45) is 0. The monoisotopic (exact) mass is 313 g/mol. The molecule has 1 aromatic heterocycles. The standard InChI is InChI=1S/C18H16FNOS/c1-2-20(11-13-6-4-3-5-7-13)16-12-22-17-9-8-14(19)10-15(17)18(16)21/h3-10,12H,2,11H2,1H3. The van der Waals surface area contributed by atoms with Crippen LogP contribution < -0.4 is 10.3 Å². The van der Waals surface area contributed by atoms with E-state index >= 15 is 0 Å². The van der Waals surface area contributed by atoms with Gasteiger partial charge in [0.15, 0.2) is 0 Å². The Morgan fingerprint density at radius 3 is 2.64 bits per heavy atom. The average Bonchev–Trinajstić information content (AvgIpc) is 2.55. The lowest BCUT2D eigenvalue weighted by Gasteiger charge is -2.22. The van der Waals surface area contributed by atoms with Crippen molar-refractivity contribution in [1.82, 2.24) is 0 Å². The average molecular weight is 313 g/mol. The van der Waals surface area contributed by atoms with Crippen LogP contribution in [-0.4, -0.2) is 6.54 Å². The van der Waals surface area contributed by atoms with E-state index in [-0.39, 0.29) is 11.2 Å². The first-order chi connectivity index (χ1) is 10.7. The summed E-state index contributed by atoms with van der Waals surface area (Å²) in [5.74, 6) is -0.375. The van der Waals surface area contributed by atoms with E-state index in [2.05, 4.69) is 0 Å². The topological polar surface area (TPSA) is 20.3 Å². The van der Waals surface area contributed by atoms with E-state index in [4.69, 9.17) is 0 Å². The summed E-state index contributed by atoms with van der Waals surface area (Å²) < 4.78 is 14.2. The van der Waals surface area contributed by atoms with Crippen molar-refractivity contribution < 1.29 is 4.39 Å². The second-order valence-corrected chi connectivity index (χ2v) is 6.00. The van der Waals surface area contributed by atoms with E-state index in [9.17, 15) is 9.18 Å². The van der Waals surface area contributed by atoms with Gasteiger partial charge in [0.05, 0.1) is 5.69 Å². The van der Waals surface area contributed by atoms with Crippen LogP contribution in [0.5, 0.6) is 0 Å². The second-order valence-electron chi connectivity index (χ2n) is 5.09. The van der Waals surface area contributed by atoms with Gasteiger partial charge in [0.2, 0.25) is 5.43 Å². The van der Waals surface area contributed by atoms with Gasteiger partial charge in [-0.1, -0.05) is 30.3 Å². The third kappa shape index (κ3) is 2.88. The van der Waals surface area contributed by atoms with Gasteiger partial charge in [-0.05, 0) is 30.7 Å². The molecule has 0 fully saturated rings. The molecule has 0 saturated carbocycles. The molecule has 1 heterocycles. The predicted octanol–water partition coefficient (Wildman–Crippen LogP) is 4.43. The van der Waals surface area contributed by atoms with Crippen molar-refractivity contribution in [2.75, 3.05) is 11.4 Å². The maximum absolute atomic E-state index is 13.4. The Bertz CT molecular complexity index is 845.